The SMILES string of the molecule is CCNS(=O)(=O)CCNC1CCC(C(C)(C)CC)CC1. The summed E-state index contributed by atoms with van der Waals surface area (Å²) >= 11 is 0. The van der Waals surface area contributed by atoms with Gasteiger partial charge in [-0.15, -0.1) is 0 Å². The largest absolute Gasteiger partial charge is 0.313 e. The number of hydrogen-bond acceptors (Lipinski definition) is 3. The first-order chi connectivity index (χ1) is 9.30. The molecule has 0 radical (unpaired) electrons. The summed E-state index contributed by atoms with van der Waals surface area (Å²) < 4.78 is 25.6. The molecule has 20 heavy (non-hydrogen) atoms. The van der Waals surface area contributed by atoms with Gasteiger partial charge in [0.25, 0.3) is 0 Å². The highest BCUT2D eigenvalue weighted by Crippen LogP contribution is 2.40. The van der Waals surface area contributed by atoms with Crippen LogP contribution in [0.3, 0.4) is 0 Å². The zero-order valence-electron chi connectivity index (χ0n) is 13.5. The second-order valence-electron chi connectivity index (χ2n) is 6.66. The van der Waals surface area contributed by atoms with Crippen LogP contribution in [-0.2, 0) is 10.0 Å². The Hall–Kier alpha value is -0.130. The van der Waals surface area contributed by atoms with Crippen molar-refractivity contribution in [1.82, 2.24) is 10.0 Å². The maximum atomic E-state index is 11.5. The Balaban J connectivity index is 2.27. The molecule has 0 atom stereocenters. The molecule has 0 amide bonds. The lowest BCUT2D eigenvalue weighted by Gasteiger charge is -2.39. The van der Waals surface area contributed by atoms with E-state index in [1.165, 1.54) is 32.1 Å². The maximum Gasteiger partial charge on any atom is 0.212 e. The average Bonchev–Trinajstić information content (AvgIpc) is 2.39. The van der Waals surface area contributed by atoms with E-state index in [4.69, 9.17) is 0 Å². The van der Waals surface area contributed by atoms with Crippen LogP contribution in [-0.4, -0.2) is 33.3 Å². The monoisotopic (exact) mass is 304 g/mol. The van der Waals surface area contributed by atoms with Crippen molar-refractivity contribution in [2.75, 3.05) is 18.8 Å². The predicted octanol–water partition coefficient (Wildman–Crippen LogP) is 2.51. The summed E-state index contributed by atoms with van der Waals surface area (Å²) in [6, 6.07) is 0.496. The normalized spacial score (nSPS) is 24.8. The first kappa shape index (κ1) is 17.9. The van der Waals surface area contributed by atoms with Crippen LogP contribution >= 0.6 is 0 Å². The molecule has 0 spiro atoms. The molecule has 0 bridgehead atoms. The lowest BCUT2D eigenvalue weighted by Crippen LogP contribution is -2.40. The molecule has 0 unspecified atom stereocenters. The van der Waals surface area contributed by atoms with Gasteiger partial charge in [-0.05, 0) is 37.0 Å². The van der Waals surface area contributed by atoms with Crippen molar-refractivity contribution in [2.45, 2.75) is 65.8 Å². The molecule has 0 aliphatic heterocycles. The van der Waals surface area contributed by atoms with E-state index >= 15 is 0 Å². The molecule has 0 aromatic rings. The minimum absolute atomic E-state index is 0.182. The van der Waals surface area contributed by atoms with Crippen molar-refractivity contribution in [1.29, 1.82) is 0 Å². The van der Waals surface area contributed by atoms with Gasteiger partial charge in [0.1, 0.15) is 0 Å². The van der Waals surface area contributed by atoms with Gasteiger partial charge in [0, 0.05) is 19.1 Å². The van der Waals surface area contributed by atoms with Gasteiger partial charge in [0.2, 0.25) is 10.0 Å². The number of rotatable bonds is 8. The van der Waals surface area contributed by atoms with E-state index in [0.29, 0.717) is 24.5 Å². The maximum absolute atomic E-state index is 11.5. The van der Waals surface area contributed by atoms with Crippen LogP contribution in [0.25, 0.3) is 0 Å². The van der Waals surface area contributed by atoms with Crippen molar-refractivity contribution in [2.24, 2.45) is 11.3 Å². The Morgan fingerprint density at radius 2 is 1.70 bits per heavy atom. The van der Waals surface area contributed by atoms with Crippen LogP contribution in [0, 0.1) is 11.3 Å². The summed E-state index contributed by atoms with van der Waals surface area (Å²) in [6.45, 7) is 9.85. The van der Waals surface area contributed by atoms with Gasteiger partial charge in [-0.3, -0.25) is 0 Å². The minimum atomic E-state index is -3.08. The zero-order chi connectivity index (χ0) is 15.2. The fourth-order valence-corrected chi connectivity index (χ4v) is 4.03. The molecular weight excluding hydrogens is 272 g/mol. The van der Waals surface area contributed by atoms with E-state index in [2.05, 4.69) is 30.8 Å². The molecule has 4 nitrogen and oxygen atoms in total. The number of sulfonamides is 1. The van der Waals surface area contributed by atoms with Gasteiger partial charge in [-0.25, -0.2) is 13.1 Å². The molecule has 0 heterocycles. The fourth-order valence-electron chi connectivity index (χ4n) is 3.06. The van der Waals surface area contributed by atoms with Gasteiger partial charge < -0.3 is 5.32 Å². The Bertz CT molecular complexity index is 371. The van der Waals surface area contributed by atoms with Crippen LogP contribution in [0.5, 0.6) is 0 Å². The van der Waals surface area contributed by atoms with Gasteiger partial charge in [-0.2, -0.15) is 0 Å². The highest BCUT2D eigenvalue weighted by Gasteiger charge is 2.31. The number of hydrogen-bond donors (Lipinski definition) is 2. The van der Waals surface area contributed by atoms with Gasteiger partial charge in [0.05, 0.1) is 5.75 Å². The van der Waals surface area contributed by atoms with E-state index < -0.39 is 10.0 Å². The van der Waals surface area contributed by atoms with Gasteiger partial charge in [0.15, 0.2) is 0 Å². The van der Waals surface area contributed by atoms with Crippen molar-refractivity contribution >= 4 is 10.0 Å². The van der Waals surface area contributed by atoms with E-state index in [1.54, 1.807) is 0 Å². The van der Waals surface area contributed by atoms with Crippen molar-refractivity contribution < 1.29 is 8.42 Å². The van der Waals surface area contributed by atoms with Gasteiger partial charge >= 0.3 is 0 Å². The Kier molecular flexibility index (Phi) is 6.95. The van der Waals surface area contributed by atoms with E-state index in [0.717, 1.165) is 5.92 Å². The predicted molar refractivity (Wildman–Crippen MR) is 85.3 cm³/mol. The lowest BCUT2D eigenvalue weighted by molar-refractivity contribution is 0.137. The van der Waals surface area contributed by atoms with E-state index in [9.17, 15) is 8.42 Å². The molecule has 1 saturated carbocycles. The van der Waals surface area contributed by atoms with Crippen LogP contribution in [0.4, 0.5) is 0 Å². The summed E-state index contributed by atoms with van der Waals surface area (Å²) in [5.74, 6) is 0.998. The molecule has 1 rings (SSSR count). The second kappa shape index (κ2) is 7.76. The van der Waals surface area contributed by atoms with Crippen molar-refractivity contribution in [3.8, 4) is 0 Å². The topological polar surface area (TPSA) is 58.2 Å². The lowest BCUT2D eigenvalue weighted by atomic mass is 9.69. The third-order valence-corrected chi connectivity index (χ3v) is 6.38. The molecule has 0 aromatic carbocycles. The molecule has 120 valence electrons. The molecule has 0 saturated heterocycles. The molecular formula is C15H32N2O2S. The Morgan fingerprint density at radius 1 is 1.10 bits per heavy atom. The van der Waals surface area contributed by atoms with Gasteiger partial charge in [-0.1, -0.05) is 34.1 Å². The summed E-state index contributed by atoms with van der Waals surface area (Å²) in [6.07, 6.45) is 6.11. The van der Waals surface area contributed by atoms with Crippen LogP contribution in [0.15, 0.2) is 0 Å². The second-order valence-corrected chi connectivity index (χ2v) is 8.59. The molecule has 2 N–H and O–H groups in total. The van der Waals surface area contributed by atoms with Crippen LogP contribution < -0.4 is 10.0 Å². The third kappa shape index (κ3) is 5.70. The Morgan fingerprint density at radius 3 is 2.20 bits per heavy atom. The first-order valence-corrected chi connectivity index (χ1v) is 9.66. The molecule has 1 aliphatic rings. The first-order valence-electron chi connectivity index (χ1n) is 8.01. The average molecular weight is 305 g/mol. The summed E-state index contributed by atoms with van der Waals surface area (Å²) in [4.78, 5) is 0. The molecule has 0 aromatic heterocycles. The smallest absolute Gasteiger partial charge is 0.212 e. The minimum Gasteiger partial charge on any atom is -0.313 e. The fraction of sp³-hybridized carbons (Fsp3) is 1.00. The summed E-state index contributed by atoms with van der Waals surface area (Å²) in [5, 5.41) is 3.41. The standard InChI is InChI=1S/C15H32N2O2S/c1-5-15(3,4)13-7-9-14(10-8-13)16-11-12-20(18,19)17-6-2/h13-14,16-17H,5-12H2,1-4H3. The quantitative estimate of drug-likeness (QED) is 0.724. The molecule has 1 fully saturated rings. The van der Waals surface area contributed by atoms with Crippen LogP contribution in [0.1, 0.15) is 59.8 Å². The third-order valence-electron chi connectivity index (χ3n) is 4.91. The van der Waals surface area contributed by atoms with E-state index in [1.807, 2.05) is 6.92 Å². The molecule has 1 aliphatic carbocycles. The number of nitrogens with one attached hydrogen (secondary N) is 2. The highest BCUT2D eigenvalue weighted by atomic mass is 32.2. The molecule has 5 heteroatoms. The Labute approximate surface area is 125 Å². The summed E-state index contributed by atoms with van der Waals surface area (Å²) in [5.41, 5.74) is 0.444. The highest BCUT2D eigenvalue weighted by molar-refractivity contribution is 7.89. The zero-order valence-corrected chi connectivity index (χ0v) is 14.4. The van der Waals surface area contributed by atoms with Crippen molar-refractivity contribution in [3.63, 3.8) is 0 Å². The van der Waals surface area contributed by atoms with Crippen molar-refractivity contribution in [3.05, 3.63) is 0 Å². The summed E-state index contributed by atoms with van der Waals surface area (Å²) in [7, 11) is -3.08. The van der Waals surface area contributed by atoms with E-state index in [-0.39, 0.29) is 5.75 Å². The van der Waals surface area contributed by atoms with Crippen LogP contribution in [0.2, 0.25) is 0 Å².